The van der Waals surface area contributed by atoms with Gasteiger partial charge in [-0.2, -0.15) is 5.26 Å². The van der Waals surface area contributed by atoms with Gasteiger partial charge in [0.2, 0.25) is 0 Å². The number of allylic oxidation sites excluding steroid dienone is 1. The summed E-state index contributed by atoms with van der Waals surface area (Å²) in [6.07, 6.45) is 3.63. The van der Waals surface area contributed by atoms with E-state index < -0.39 is 0 Å². The number of hydrogen-bond acceptors (Lipinski definition) is 5. The van der Waals surface area contributed by atoms with Crippen LogP contribution in [0.3, 0.4) is 0 Å². The summed E-state index contributed by atoms with van der Waals surface area (Å²) in [4.78, 5) is 17.8. The molecule has 176 valence electrons. The summed E-state index contributed by atoms with van der Waals surface area (Å²) >= 11 is 4.67. The summed E-state index contributed by atoms with van der Waals surface area (Å²) in [5.41, 5.74) is 4.25. The largest absolute Gasteiger partial charge is 0.485 e. The van der Waals surface area contributed by atoms with E-state index in [9.17, 15) is 10.1 Å². The Kier molecular flexibility index (Phi) is 6.81. The zero-order chi connectivity index (χ0) is 25.1. The van der Waals surface area contributed by atoms with Crippen LogP contribution >= 0.6 is 27.3 Å². The molecular formula is C29H20BrN3O2S. The van der Waals surface area contributed by atoms with Crippen LogP contribution in [-0.2, 0) is 0 Å². The molecule has 0 bridgehead atoms. The van der Waals surface area contributed by atoms with E-state index in [4.69, 9.17) is 9.72 Å². The summed E-state index contributed by atoms with van der Waals surface area (Å²) in [6, 6.07) is 26.8. The second-order valence-electron chi connectivity index (χ2n) is 8.14. The van der Waals surface area contributed by atoms with Crippen LogP contribution in [0.15, 0.2) is 95.0 Å². The van der Waals surface area contributed by atoms with Crippen molar-refractivity contribution >= 4 is 49.8 Å². The van der Waals surface area contributed by atoms with Crippen molar-refractivity contribution in [2.45, 2.75) is 13.0 Å². The molecule has 1 aliphatic heterocycles. The quantitative estimate of drug-likeness (QED) is 0.258. The van der Waals surface area contributed by atoms with Crippen molar-refractivity contribution in [3.8, 4) is 23.1 Å². The highest BCUT2D eigenvalue weighted by Gasteiger charge is 2.21. The fraction of sp³-hybridized carbons (Fsp3) is 0.0690. The Bertz CT molecular complexity index is 1530. The van der Waals surface area contributed by atoms with Gasteiger partial charge in [0.1, 0.15) is 33.6 Å². The van der Waals surface area contributed by atoms with Gasteiger partial charge in [-0.3, -0.25) is 4.79 Å². The first kappa shape index (κ1) is 23.7. The Labute approximate surface area is 221 Å². The lowest BCUT2D eigenvalue weighted by Gasteiger charge is -2.22. The molecule has 1 atom stereocenters. The average molecular weight is 554 g/mol. The zero-order valence-electron chi connectivity index (χ0n) is 19.2. The highest BCUT2D eigenvalue weighted by molar-refractivity contribution is 9.10. The van der Waals surface area contributed by atoms with Gasteiger partial charge in [0.05, 0.1) is 5.57 Å². The van der Waals surface area contributed by atoms with Gasteiger partial charge in [0.25, 0.3) is 5.91 Å². The molecule has 7 heteroatoms. The number of benzene rings is 3. The molecule has 36 heavy (non-hydrogen) atoms. The van der Waals surface area contributed by atoms with Gasteiger partial charge in [-0.15, -0.1) is 0 Å². The number of rotatable bonds is 5. The minimum absolute atomic E-state index is 0.214. The highest BCUT2D eigenvalue weighted by atomic mass is 79.9. The second kappa shape index (κ2) is 10.3. The van der Waals surface area contributed by atoms with Gasteiger partial charge in [-0.05, 0) is 55.0 Å². The lowest BCUT2D eigenvalue weighted by molar-refractivity contribution is 0.102. The van der Waals surface area contributed by atoms with Crippen molar-refractivity contribution in [1.29, 1.82) is 5.26 Å². The number of amides is 1. The molecule has 3 aromatic carbocycles. The predicted molar refractivity (Wildman–Crippen MR) is 148 cm³/mol. The lowest BCUT2D eigenvalue weighted by Crippen LogP contribution is -2.17. The van der Waals surface area contributed by atoms with Crippen LogP contribution < -0.4 is 10.1 Å². The molecule has 1 unspecified atom stereocenters. The van der Waals surface area contributed by atoms with E-state index in [1.807, 2.05) is 85.8 Å². The maximum absolute atomic E-state index is 13.0. The Hall–Kier alpha value is -3.99. The molecule has 0 radical (unpaired) electrons. The number of fused-ring (bicyclic) bond motifs is 1. The molecule has 1 N–H and O–H groups in total. The molecule has 1 aromatic heterocycles. The predicted octanol–water partition coefficient (Wildman–Crippen LogP) is 7.60. The summed E-state index contributed by atoms with van der Waals surface area (Å²) < 4.78 is 6.93. The number of hydrogen-bond donors (Lipinski definition) is 1. The van der Waals surface area contributed by atoms with Crippen LogP contribution in [0.25, 0.3) is 22.9 Å². The first-order chi connectivity index (χ1) is 17.5. The Morgan fingerprint density at radius 1 is 1.08 bits per heavy atom. The van der Waals surface area contributed by atoms with Crippen LogP contribution in [0, 0.1) is 11.3 Å². The van der Waals surface area contributed by atoms with E-state index in [1.165, 1.54) is 11.3 Å². The van der Waals surface area contributed by atoms with E-state index in [0.29, 0.717) is 26.8 Å². The number of carbonyl (C=O) groups excluding carboxylic acids is 1. The van der Waals surface area contributed by atoms with Gasteiger partial charge in [-0.25, -0.2) is 4.98 Å². The van der Waals surface area contributed by atoms with Crippen LogP contribution in [0.2, 0.25) is 0 Å². The molecular weight excluding hydrogens is 534 g/mol. The van der Waals surface area contributed by atoms with E-state index in [0.717, 1.165) is 26.9 Å². The molecule has 2 heterocycles. The third-order valence-corrected chi connectivity index (χ3v) is 7.22. The molecule has 1 aliphatic rings. The minimum Gasteiger partial charge on any atom is -0.485 e. The van der Waals surface area contributed by atoms with Crippen LogP contribution in [0.1, 0.15) is 27.9 Å². The van der Waals surface area contributed by atoms with E-state index in [1.54, 1.807) is 12.1 Å². The topological polar surface area (TPSA) is 75.0 Å². The molecule has 0 saturated carbocycles. The van der Waals surface area contributed by atoms with Gasteiger partial charge in [0, 0.05) is 21.2 Å². The molecule has 0 aliphatic carbocycles. The number of ether oxygens (including phenoxy) is 1. The Morgan fingerprint density at radius 3 is 2.56 bits per heavy atom. The van der Waals surface area contributed by atoms with Crippen molar-refractivity contribution in [3.05, 3.63) is 111 Å². The lowest BCUT2D eigenvalue weighted by atomic mass is 10.0. The first-order valence-electron chi connectivity index (χ1n) is 11.2. The molecule has 0 saturated heterocycles. The third kappa shape index (κ3) is 5.01. The normalized spacial score (nSPS) is 14.8. The number of nitrogens with one attached hydrogen (secondary N) is 1. The summed E-state index contributed by atoms with van der Waals surface area (Å²) in [7, 11) is 0. The monoisotopic (exact) mass is 553 g/mol. The number of thiazole rings is 1. The van der Waals surface area contributed by atoms with Crippen molar-refractivity contribution in [2.24, 2.45) is 0 Å². The number of carbonyl (C=O) groups is 1. The Balaban J connectivity index is 1.54. The van der Waals surface area contributed by atoms with E-state index in [2.05, 4.69) is 27.3 Å². The first-order valence-corrected chi connectivity index (χ1v) is 12.9. The van der Waals surface area contributed by atoms with Crippen LogP contribution in [0.5, 0.6) is 5.75 Å². The fourth-order valence-electron chi connectivity index (χ4n) is 3.82. The van der Waals surface area contributed by atoms with Crippen molar-refractivity contribution in [1.82, 2.24) is 4.98 Å². The molecule has 5 rings (SSSR count). The maximum atomic E-state index is 13.0. The van der Waals surface area contributed by atoms with Gasteiger partial charge in [-0.1, -0.05) is 75.8 Å². The highest BCUT2D eigenvalue weighted by Crippen LogP contribution is 2.38. The number of anilines is 1. The van der Waals surface area contributed by atoms with Gasteiger partial charge < -0.3 is 10.1 Å². The van der Waals surface area contributed by atoms with E-state index >= 15 is 0 Å². The maximum Gasteiger partial charge on any atom is 0.256 e. The number of halogens is 1. The van der Waals surface area contributed by atoms with Gasteiger partial charge in [0.15, 0.2) is 0 Å². The van der Waals surface area contributed by atoms with Crippen molar-refractivity contribution in [2.75, 3.05) is 5.32 Å². The minimum atomic E-state index is -0.244. The summed E-state index contributed by atoms with van der Waals surface area (Å²) in [6.45, 7) is 1.95. The number of aromatic nitrogens is 1. The number of nitrogens with zero attached hydrogens (tertiary/aromatic N) is 2. The zero-order valence-corrected chi connectivity index (χ0v) is 21.6. The van der Waals surface area contributed by atoms with Crippen LogP contribution in [-0.4, -0.2) is 17.0 Å². The molecule has 0 fully saturated rings. The van der Waals surface area contributed by atoms with Crippen molar-refractivity contribution in [3.63, 3.8) is 0 Å². The summed E-state index contributed by atoms with van der Waals surface area (Å²) in [5, 5.41) is 14.1. The van der Waals surface area contributed by atoms with E-state index in [-0.39, 0.29) is 12.0 Å². The smallest absolute Gasteiger partial charge is 0.256 e. The van der Waals surface area contributed by atoms with Crippen LogP contribution in [0.4, 0.5) is 5.00 Å². The Morgan fingerprint density at radius 2 is 1.81 bits per heavy atom. The number of para-hydroxylation sites is 1. The van der Waals surface area contributed by atoms with Crippen molar-refractivity contribution < 1.29 is 9.53 Å². The summed E-state index contributed by atoms with van der Waals surface area (Å²) in [5.74, 6) is 0.574. The van der Waals surface area contributed by atoms with Gasteiger partial charge >= 0.3 is 0 Å². The molecule has 5 nitrogen and oxygen atoms in total. The molecule has 4 aromatic rings. The average Bonchev–Trinajstić information content (AvgIpc) is 3.31. The second-order valence-corrected chi connectivity index (χ2v) is 10.1. The standard InChI is InChI=1S/C29H20BrN3O2S/c1-18-22(15-21-9-5-6-10-25(21)35-18)16-23(17-31)28-32-26(19-7-3-2-4-8-19)29(36-28)33-27(34)20-11-13-24(30)14-12-20/h2-16,18H,1H3,(H,33,34). The SMILES string of the molecule is CC1Oc2ccccc2C=C1C=C(C#N)c1nc(-c2ccccc2)c(NC(=O)c2ccc(Br)cc2)s1. The third-order valence-electron chi connectivity index (χ3n) is 5.68. The molecule has 1 amide bonds. The number of nitriles is 1. The molecule has 0 spiro atoms. The fourth-order valence-corrected chi connectivity index (χ4v) is 5.03.